The molecule has 0 unspecified atom stereocenters. The van der Waals surface area contributed by atoms with E-state index >= 15 is 0 Å². The summed E-state index contributed by atoms with van der Waals surface area (Å²) in [6.45, 7) is 1.99. The molecule has 1 aromatic carbocycles. The summed E-state index contributed by atoms with van der Waals surface area (Å²) in [5, 5.41) is 19.3. The van der Waals surface area contributed by atoms with Crippen LogP contribution in [-0.2, 0) is 11.2 Å². The highest BCUT2D eigenvalue weighted by Crippen LogP contribution is 2.38. The summed E-state index contributed by atoms with van der Waals surface area (Å²) in [5.41, 5.74) is 0.286. The number of carbonyl (C=O) groups is 1. The van der Waals surface area contributed by atoms with Crippen LogP contribution >= 0.6 is 22.9 Å². The smallest absolute Gasteiger partial charge is 0.346 e. The van der Waals surface area contributed by atoms with E-state index in [1.807, 2.05) is 11.0 Å². The molecule has 0 bridgehead atoms. The number of nitrogens with zero attached hydrogens (tertiary/aromatic N) is 2. The molecule has 2 aromatic rings. The van der Waals surface area contributed by atoms with E-state index in [0.29, 0.717) is 31.3 Å². The van der Waals surface area contributed by atoms with Crippen molar-refractivity contribution in [1.82, 2.24) is 0 Å². The molecule has 0 atom stereocenters. The summed E-state index contributed by atoms with van der Waals surface area (Å²) in [5.74, 6) is -2.77. The summed E-state index contributed by atoms with van der Waals surface area (Å²) in [7, 11) is 0. The van der Waals surface area contributed by atoms with Crippen LogP contribution in [-0.4, -0.2) is 37.4 Å². The molecule has 26 heavy (non-hydrogen) atoms. The fraction of sp³-hybridized carbons (Fsp3) is 0.294. The van der Waals surface area contributed by atoms with Gasteiger partial charge in [-0.05, 0) is 17.7 Å². The highest BCUT2D eigenvalue weighted by atomic mass is 35.5. The Morgan fingerprint density at radius 1 is 1.35 bits per heavy atom. The summed E-state index contributed by atoms with van der Waals surface area (Å²) < 4.78 is 33.1. The molecule has 1 fully saturated rings. The largest absolute Gasteiger partial charge is 0.477 e. The molecule has 0 spiro atoms. The lowest BCUT2D eigenvalue weighted by Crippen LogP contribution is -2.36. The number of rotatable bonds is 4. The molecule has 5 nitrogen and oxygen atoms in total. The fourth-order valence-electron chi connectivity index (χ4n) is 2.79. The zero-order valence-corrected chi connectivity index (χ0v) is 15.0. The van der Waals surface area contributed by atoms with Crippen LogP contribution in [0.25, 0.3) is 0 Å². The van der Waals surface area contributed by atoms with Gasteiger partial charge in [-0.2, -0.15) is 5.26 Å². The number of halogens is 3. The van der Waals surface area contributed by atoms with Crippen LogP contribution in [0.15, 0.2) is 12.1 Å². The molecule has 1 N–H and O–H groups in total. The standard InChI is InChI=1S/C17H13ClF2N2O3S/c18-12-7-13(19)9(6-14(12)20)5-10-11(8-21)16(26-15(10)17(23)24)22-1-3-25-4-2-22/h6-7H,1-5H2,(H,23,24). The molecular formula is C17H13ClF2N2O3S. The Balaban J connectivity index is 2.08. The first kappa shape index (κ1) is 18.6. The first-order chi connectivity index (χ1) is 12.4. The second-order valence-corrected chi connectivity index (χ2v) is 7.05. The number of ether oxygens (including phenoxy) is 1. The Bertz CT molecular complexity index is 904. The Kier molecular flexibility index (Phi) is 5.41. The van der Waals surface area contributed by atoms with Gasteiger partial charge in [-0.3, -0.25) is 0 Å². The SMILES string of the molecule is N#Cc1c(N2CCOCC2)sc(C(=O)O)c1Cc1cc(F)c(Cl)cc1F. The number of nitriles is 1. The van der Waals surface area contributed by atoms with Gasteiger partial charge in [0.15, 0.2) is 0 Å². The third-order valence-corrected chi connectivity index (χ3v) is 5.62. The van der Waals surface area contributed by atoms with Crippen molar-refractivity contribution in [3.63, 3.8) is 0 Å². The van der Waals surface area contributed by atoms with Crippen molar-refractivity contribution < 1.29 is 23.4 Å². The van der Waals surface area contributed by atoms with Crippen LogP contribution in [0.4, 0.5) is 13.8 Å². The van der Waals surface area contributed by atoms with Gasteiger partial charge in [0.2, 0.25) is 0 Å². The van der Waals surface area contributed by atoms with Gasteiger partial charge in [-0.25, -0.2) is 13.6 Å². The number of carboxylic acid groups (broad SMARTS) is 1. The Morgan fingerprint density at radius 3 is 2.65 bits per heavy atom. The summed E-state index contributed by atoms with van der Waals surface area (Å²) >= 11 is 6.52. The molecule has 0 amide bonds. The van der Waals surface area contributed by atoms with E-state index in [1.54, 1.807) is 0 Å². The van der Waals surface area contributed by atoms with Crippen molar-refractivity contribution in [2.24, 2.45) is 0 Å². The summed E-state index contributed by atoms with van der Waals surface area (Å²) in [6.07, 6.45) is -0.217. The number of anilines is 1. The molecule has 2 heterocycles. The summed E-state index contributed by atoms with van der Waals surface area (Å²) in [6, 6.07) is 3.79. The van der Waals surface area contributed by atoms with Gasteiger partial charge < -0.3 is 14.7 Å². The molecule has 9 heteroatoms. The topological polar surface area (TPSA) is 73.6 Å². The van der Waals surface area contributed by atoms with Crippen molar-refractivity contribution in [3.05, 3.63) is 50.4 Å². The van der Waals surface area contributed by atoms with Crippen molar-refractivity contribution >= 4 is 33.9 Å². The van der Waals surface area contributed by atoms with Crippen molar-refractivity contribution in [1.29, 1.82) is 5.26 Å². The predicted octanol–water partition coefficient (Wildman–Crippen LogP) is 3.68. The molecule has 1 aromatic heterocycles. The predicted molar refractivity (Wildman–Crippen MR) is 93.2 cm³/mol. The third-order valence-electron chi connectivity index (χ3n) is 4.05. The van der Waals surface area contributed by atoms with Crippen molar-refractivity contribution in [2.75, 3.05) is 31.2 Å². The third kappa shape index (κ3) is 3.51. The molecule has 3 rings (SSSR count). The second kappa shape index (κ2) is 7.58. The lowest BCUT2D eigenvalue weighted by molar-refractivity contribution is 0.0701. The van der Waals surface area contributed by atoms with Gasteiger partial charge in [0.05, 0.1) is 23.8 Å². The van der Waals surface area contributed by atoms with Crippen molar-refractivity contribution in [2.45, 2.75) is 6.42 Å². The molecule has 0 aliphatic carbocycles. The molecular weight excluding hydrogens is 386 g/mol. The number of hydrogen-bond acceptors (Lipinski definition) is 5. The van der Waals surface area contributed by atoms with E-state index in [2.05, 4.69) is 0 Å². The Labute approximate surface area is 157 Å². The van der Waals surface area contributed by atoms with E-state index in [-0.39, 0.29) is 33.0 Å². The first-order valence-corrected chi connectivity index (χ1v) is 8.87. The quantitative estimate of drug-likeness (QED) is 0.795. The lowest BCUT2D eigenvalue weighted by atomic mass is 10.0. The van der Waals surface area contributed by atoms with E-state index in [1.165, 1.54) is 0 Å². The van der Waals surface area contributed by atoms with Gasteiger partial charge in [-0.1, -0.05) is 11.6 Å². The first-order valence-electron chi connectivity index (χ1n) is 7.67. The maximum absolute atomic E-state index is 14.1. The minimum Gasteiger partial charge on any atom is -0.477 e. The Morgan fingerprint density at radius 2 is 2.04 bits per heavy atom. The summed E-state index contributed by atoms with van der Waals surface area (Å²) in [4.78, 5) is 13.5. The van der Waals surface area contributed by atoms with Gasteiger partial charge in [0.25, 0.3) is 0 Å². The molecule has 0 saturated carbocycles. The van der Waals surface area contributed by atoms with Crippen LogP contribution in [0, 0.1) is 23.0 Å². The number of morpholine rings is 1. The van der Waals surface area contributed by atoms with Crippen molar-refractivity contribution in [3.8, 4) is 6.07 Å². The fourth-order valence-corrected chi connectivity index (χ4v) is 4.10. The number of thiophene rings is 1. The van der Waals surface area contributed by atoms with Gasteiger partial charge >= 0.3 is 5.97 Å². The van der Waals surface area contributed by atoms with E-state index < -0.39 is 17.6 Å². The Hall–Kier alpha value is -2.21. The van der Waals surface area contributed by atoms with Gasteiger partial charge in [0.1, 0.15) is 27.6 Å². The maximum atomic E-state index is 14.1. The zero-order valence-electron chi connectivity index (χ0n) is 13.4. The number of benzene rings is 1. The molecule has 1 saturated heterocycles. The molecule has 1 aliphatic rings. The minimum atomic E-state index is -1.21. The molecule has 136 valence electrons. The average molecular weight is 399 g/mol. The number of carboxylic acids is 1. The lowest BCUT2D eigenvalue weighted by Gasteiger charge is -2.27. The number of aromatic carboxylic acids is 1. The van der Waals surface area contributed by atoms with Crippen LogP contribution in [0.1, 0.15) is 26.4 Å². The normalized spacial score (nSPS) is 14.3. The van der Waals surface area contributed by atoms with E-state index in [0.717, 1.165) is 23.5 Å². The van der Waals surface area contributed by atoms with Crippen LogP contribution in [0.5, 0.6) is 0 Å². The molecule has 0 radical (unpaired) electrons. The van der Waals surface area contributed by atoms with Crippen LogP contribution in [0.2, 0.25) is 5.02 Å². The molecule has 1 aliphatic heterocycles. The maximum Gasteiger partial charge on any atom is 0.346 e. The minimum absolute atomic E-state index is 0.0576. The van der Waals surface area contributed by atoms with Crippen LogP contribution in [0.3, 0.4) is 0 Å². The highest BCUT2D eigenvalue weighted by molar-refractivity contribution is 7.18. The second-order valence-electron chi connectivity index (χ2n) is 5.64. The van der Waals surface area contributed by atoms with Gasteiger partial charge in [-0.15, -0.1) is 11.3 Å². The number of hydrogen-bond donors (Lipinski definition) is 1. The zero-order chi connectivity index (χ0) is 18.8. The van der Waals surface area contributed by atoms with Gasteiger partial charge in [0, 0.05) is 25.1 Å². The van der Waals surface area contributed by atoms with Crippen LogP contribution < -0.4 is 4.90 Å². The highest BCUT2D eigenvalue weighted by Gasteiger charge is 2.27. The monoisotopic (exact) mass is 398 g/mol. The van der Waals surface area contributed by atoms with E-state index in [9.17, 15) is 23.9 Å². The average Bonchev–Trinajstić information content (AvgIpc) is 2.99. The van der Waals surface area contributed by atoms with E-state index in [4.69, 9.17) is 16.3 Å².